The van der Waals surface area contributed by atoms with Crippen LogP contribution in [-0.2, 0) is 6.54 Å². The van der Waals surface area contributed by atoms with Gasteiger partial charge in [-0.05, 0) is 51.4 Å². The largest absolute Gasteiger partial charge is 0.369 e. The zero-order valence-electron chi connectivity index (χ0n) is 17.1. The maximum absolute atomic E-state index is 6.17. The number of anilines is 1. The van der Waals surface area contributed by atoms with Crippen LogP contribution in [0, 0.1) is 0 Å². The van der Waals surface area contributed by atoms with Crippen molar-refractivity contribution in [3.05, 3.63) is 47.2 Å². The van der Waals surface area contributed by atoms with Crippen molar-refractivity contribution < 1.29 is 0 Å². The van der Waals surface area contributed by atoms with Gasteiger partial charge in [0.2, 0.25) is 0 Å². The molecule has 4 rings (SSSR count). The van der Waals surface area contributed by atoms with E-state index in [-0.39, 0.29) is 0 Å². The maximum Gasteiger partial charge on any atom is 0.0534 e. The van der Waals surface area contributed by atoms with Crippen molar-refractivity contribution in [2.45, 2.75) is 45.3 Å². The van der Waals surface area contributed by atoms with Crippen LogP contribution in [0.5, 0.6) is 0 Å². The molecular weight excluding hydrogens is 370 g/mol. The summed E-state index contributed by atoms with van der Waals surface area (Å²) in [5, 5.41) is 5.32. The lowest BCUT2D eigenvalue weighted by Gasteiger charge is -2.44. The van der Waals surface area contributed by atoms with Gasteiger partial charge in [-0.15, -0.1) is 0 Å². The summed E-state index contributed by atoms with van der Waals surface area (Å²) >= 11 is 6.17. The number of hydrogen-bond acceptors (Lipinski definition) is 4. The van der Waals surface area contributed by atoms with E-state index in [1.165, 1.54) is 37.2 Å². The van der Waals surface area contributed by atoms with Gasteiger partial charge in [0.05, 0.1) is 6.20 Å². The molecule has 2 saturated heterocycles. The standard InChI is InChI=1S/C22H32ClN5/c1-18(2)28-16-19(14-24-28)15-25-8-4-7-22(17-25)27-11-9-26(10-12-27)21-6-3-5-20(23)13-21/h3,5-6,13-14,16,18,22H,4,7-12,15,17H2,1-2H3. The zero-order chi connectivity index (χ0) is 19.5. The Morgan fingerprint density at radius 3 is 2.68 bits per heavy atom. The predicted molar refractivity (Wildman–Crippen MR) is 116 cm³/mol. The molecule has 0 aliphatic carbocycles. The number of benzene rings is 1. The van der Waals surface area contributed by atoms with Gasteiger partial charge in [0.25, 0.3) is 0 Å². The Hall–Kier alpha value is -1.56. The average molecular weight is 402 g/mol. The summed E-state index contributed by atoms with van der Waals surface area (Å²) in [5.41, 5.74) is 2.58. The van der Waals surface area contributed by atoms with Gasteiger partial charge >= 0.3 is 0 Å². The van der Waals surface area contributed by atoms with Crippen LogP contribution in [0.1, 0.15) is 38.3 Å². The SMILES string of the molecule is CC(C)n1cc(CN2CCCC(N3CCN(c4cccc(Cl)c4)CC3)C2)cn1. The third kappa shape index (κ3) is 4.70. The minimum absolute atomic E-state index is 0.429. The molecule has 1 atom stereocenters. The first-order valence-corrected chi connectivity index (χ1v) is 11.0. The molecule has 2 fully saturated rings. The number of piperazine rings is 1. The highest BCUT2D eigenvalue weighted by atomic mass is 35.5. The van der Waals surface area contributed by atoms with Gasteiger partial charge in [0.1, 0.15) is 0 Å². The topological polar surface area (TPSA) is 27.5 Å². The van der Waals surface area contributed by atoms with Gasteiger partial charge in [0, 0.05) is 73.8 Å². The van der Waals surface area contributed by atoms with Crippen molar-refractivity contribution >= 4 is 17.3 Å². The van der Waals surface area contributed by atoms with Crippen molar-refractivity contribution in [2.75, 3.05) is 44.2 Å². The smallest absolute Gasteiger partial charge is 0.0534 e. The molecule has 6 heteroatoms. The van der Waals surface area contributed by atoms with Gasteiger partial charge in [-0.3, -0.25) is 14.5 Å². The third-order valence-electron chi connectivity index (χ3n) is 6.07. The quantitative estimate of drug-likeness (QED) is 0.759. The summed E-state index contributed by atoms with van der Waals surface area (Å²) in [6, 6.07) is 9.35. The summed E-state index contributed by atoms with van der Waals surface area (Å²) in [6.45, 7) is 12.2. The zero-order valence-corrected chi connectivity index (χ0v) is 17.9. The number of likely N-dealkylation sites (tertiary alicyclic amines) is 1. The summed E-state index contributed by atoms with van der Waals surface area (Å²) in [6.07, 6.45) is 6.85. The van der Waals surface area contributed by atoms with Crippen LogP contribution in [0.15, 0.2) is 36.7 Å². The van der Waals surface area contributed by atoms with Crippen molar-refractivity contribution in [1.82, 2.24) is 19.6 Å². The van der Waals surface area contributed by atoms with Crippen LogP contribution < -0.4 is 4.90 Å². The van der Waals surface area contributed by atoms with E-state index in [2.05, 4.69) is 56.7 Å². The molecule has 0 bridgehead atoms. The lowest BCUT2D eigenvalue weighted by Crippen LogP contribution is -2.55. The Labute approximate surface area is 173 Å². The molecule has 152 valence electrons. The molecule has 1 aromatic carbocycles. The van der Waals surface area contributed by atoms with Crippen LogP contribution in [0.2, 0.25) is 5.02 Å². The number of rotatable bonds is 5. The van der Waals surface area contributed by atoms with Gasteiger partial charge < -0.3 is 4.90 Å². The lowest BCUT2D eigenvalue weighted by molar-refractivity contribution is 0.0887. The minimum Gasteiger partial charge on any atom is -0.369 e. The second-order valence-electron chi connectivity index (χ2n) is 8.46. The normalized spacial score (nSPS) is 22.1. The summed E-state index contributed by atoms with van der Waals surface area (Å²) in [5.74, 6) is 0. The fourth-order valence-corrected chi connectivity index (χ4v) is 4.68. The van der Waals surface area contributed by atoms with E-state index in [9.17, 15) is 0 Å². The molecule has 1 aromatic heterocycles. The van der Waals surface area contributed by atoms with E-state index in [1.54, 1.807) is 0 Å². The highest BCUT2D eigenvalue weighted by molar-refractivity contribution is 6.30. The Bertz CT molecular complexity index is 766. The van der Waals surface area contributed by atoms with Gasteiger partial charge in [-0.25, -0.2) is 0 Å². The number of halogens is 1. The first-order chi connectivity index (χ1) is 13.6. The summed E-state index contributed by atoms with van der Waals surface area (Å²) in [4.78, 5) is 7.77. The number of aromatic nitrogens is 2. The predicted octanol–water partition coefficient (Wildman–Crippen LogP) is 3.90. The highest BCUT2D eigenvalue weighted by Gasteiger charge is 2.28. The van der Waals surface area contributed by atoms with Crippen LogP contribution >= 0.6 is 11.6 Å². The van der Waals surface area contributed by atoms with Crippen molar-refractivity contribution in [2.24, 2.45) is 0 Å². The monoisotopic (exact) mass is 401 g/mol. The van der Waals surface area contributed by atoms with Crippen molar-refractivity contribution in [3.63, 3.8) is 0 Å². The van der Waals surface area contributed by atoms with E-state index < -0.39 is 0 Å². The molecule has 0 radical (unpaired) electrons. The highest BCUT2D eigenvalue weighted by Crippen LogP contribution is 2.24. The van der Waals surface area contributed by atoms with Crippen LogP contribution in [0.25, 0.3) is 0 Å². The first-order valence-electron chi connectivity index (χ1n) is 10.6. The summed E-state index contributed by atoms with van der Waals surface area (Å²) in [7, 11) is 0. The van der Waals surface area contributed by atoms with Crippen molar-refractivity contribution in [3.8, 4) is 0 Å². The molecule has 0 N–H and O–H groups in total. The fourth-order valence-electron chi connectivity index (χ4n) is 4.49. The van der Waals surface area contributed by atoms with E-state index >= 15 is 0 Å². The molecular formula is C22H32ClN5. The Kier molecular flexibility index (Phi) is 6.24. The molecule has 5 nitrogen and oxygen atoms in total. The van der Waals surface area contributed by atoms with Gasteiger partial charge in [-0.2, -0.15) is 5.10 Å². The molecule has 1 unspecified atom stereocenters. The molecule has 0 spiro atoms. The summed E-state index contributed by atoms with van der Waals surface area (Å²) < 4.78 is 2.06. The lowest BCUT2D eigenvalue weighted by atomic mass is 10.0. The maximum atomic E-state index is 6.17. The van der Waals surface area contributed by atoms with Gasteiger partial charge in [0.15, 0.2) is 0 Å². The molecule has 3 heterocycles. The molecule has 2 aliphatic heterocycles. The average Bonchev–Trinajstić information content (AvgIpc) is 3.17. The van der Waals surface area contributed by atoms with E-state index in [4.69, 9.17) is 11.6 Å². The van der Waals surface area contributed by atoms with Crippen LogP contribution in [0.3, 0.4) is 0 Å². The molecule has 28 heavy (non-hydrogen) atoms. The third-order valence-corrected chi connectivity index (χ3v) is 6.31. The molecule has 2 aliphatic rings. The number of nitrogens with zero attached hydrogens (tertiary/aromatic N) is 5. The second kappa shape index (κ2) is 8.85. The second-order valence-corrected chi connectivity index (χ2v) is 8.89. The fraction of sp³-hybridized carbons (Fsp3) is 0.591. The molecule has 2 aromatic rings. The molecule has 0 amide bonds. The Morgan fingerprint density at radius 2 is 1.96 bits per heavy atom. The Balaban J connectivity index is 1.30. The number of piperidine rings is 1. The van der Waals surface area contributed by atoms with E-state index in [0.29, 0.717) is 12.1 Å². The Morgan fingerprint density at radius 1 is 1.14 bits per heavy atom. The van der Waals surface area contributed by atoms with E-state index in [0.717, 1.165) is 37.7 Å². The minimum atomic E-state index is 0.429. The number of hydrogen-bond donors (Lipinski definition) is 0. The van der Waals surface area contributed by atoms with Crippen LogP contribution in [-0.4, -0.2) is 64.9 Å². The van der Waals surface area contributed by atoms with E-state index in [1.807, 2.05) is 18.3 Å². The van der Waals surface area contributed by atoms with Gasteiger partial charge in [-0.1, -0.05) is 17.7 Å². The first kappa shape index (κ1) is 19.7. The van der Waals surface area contributed by atoms with Crippen LogP contribution in [0.4, 0.5) is 5.69 Å². The van der Waals surface area contributed by atoms with Crippen molar-refractivity contribution in [1.29, 1.82) is 0 Å². The molecule has 0 saturated carbocycles.